The molecule has 1 amide bonds. The zero-order valence-electron chi connectivity index (χ0n) is 13.3. The number of carbonyl (C=O) groups is 1. The van der Waals surface area contributed by atoms with E-state index in [0.717, 1.165) is 10.6 Å². The van der Waals surface area contributed by atoms with E-state index < -0.39 is 22.5 Å². The van der Waals surface area contributed by atoms with Gasteiger partial charge in [-0.3, -0.25) is 9.10 Å². The standard InChI is InChI=1S/C17H14N4O3S/c1-25(23,24)21(16-7-3-5-14(9-16)11-19)12-17(22)20-15-6-2-4-13(8-15)10-18/h2-9H,12H2,1H3,(H,20,22). The second-order valence-corrected chi connectivity index (χ2v) is 7.08. The van der Waals surface area contributed by atoms with Crippen molar-refractivity contribution in [2.45, 2.75) is 0 Å². The molecule has 126 valence electrons. The molecule has 0 atom stereocenters. The summed E-state index contributed by atoms with van der Waals surface area (Å²) < 4.78 is 25.0. The minimum absolute atomic E-state index is 0.225. The molecule has 0 unspecified atom stereocenters. The molecule has 2 aromatic rings. The van der Waals surface area contributed by atoms with Gasteiger partial charge in [-0.15, -0.1) is 0 Å². The zero-order valence-corrected chi connectivity index (χ0v) is 14.1. The molecule has 0 aromatic heterocycles. The van der Waals surface area contributed by atoms with Crippen molar-refractivity contribution in [2.75, 3.05) is 22.4 Å². The zero-order chi connectivity index (χ0) is 18.4. The number of carbonyl (C=O) groups excluding carboxylic acids is 1. The van der Waals surface area contributed by atoms with Gasteiger partial charge in [0.2, 0.25) is 15.9 Å². The minimum atomic E-state index is -3.73. The number of hydrogen-bond acceptors (Lipinski definition) is 5. The predicted molar refractivity (Wildman–Crippen MR) is 93.1 cm³/mol. The molecule has 8 heteroatoms. The number of nitriles is 2. The molecule has 7 nitrogen and oxygen atoms in total. The summed E-state index contributed by atoms with van der Waals surface area (Å²) in [6.45, 7) is -0.454. The largest absolute Gasteiger partial charge is 0.324 e. The fourth-order valence-electron chi connectivity index (χ4n) is 2.13. The van der Waals surface area contributed by atoms with Crippen LogP contribution in [0.2, 0.25) is 0 Å². The minimum Gasteiger partial charge on any atom is -0.324 e. The van der Waals surface area contributed by atoms with Crippen molar-refractivity contribution in [3.63, 3.8) is 0 Å². The molecule has 0 bridgehead atoms. The molecule has 0 radical (unpaired) electrons. The van der Waals surface area contributed by atoms with Crippen molar-refractivity contribution >= 4 is 27.3 Å². The Morgan fingerprint density at radius 3 is 2.28 bits per heavy atom. The number of anilines is 2. The highest BCUT2D eigenvalue weighted by Gasteiger charge is 2.21. The van der Waals surface area contributed by atoms with Crippen molar-refractivity contribution < 1.29 is 13.2 Å². The fourth-order valence-corrected chi connectivity index (χ4v) is 2.98. The Labute approximate surface area is 145 Å². The van der Waals surface area contributed by atoms with Crippen LogP contribution in [0.4, 0.5) is 11.4 Å². The maximum Gasteiger partial charge on any atom is 0.245 e. The Bertz CT molecular complexity index is 987. The van der Waals surface area contributed by atoms with Gasteiger partial charge < -0.3 is 5.32 Å². The summed E-state index contributed by atoms with van der Waals surface area (Å²) in [7, 11) is -3.73. The second-order valence-electron chi connectivity index (χ2n) is 5.17. The maximum atomic E-state index is 12.2. The van der Waals surface area contributed by atoms with Crippen LogP contribution in [-0.4, -0.2) is 27.1 Å². The lowest BCUT2D eigenvalue weighted by Crippen LogP contribution is -2.37. The van der Waals surface area contributed by atoms with E-state index >= 15 is 0 Å². The molecule has 0 fully saturated rings. The van der Waals surface area contributed by atoms with E-state index in [-0.39, 0.29) is 11.3 Å². The summed E-state index contributed by atoms with van der Waals surface area (Å²) in [4.78, 5) is 12.2. The van der Waals surface area contributed by atoms with Crippen LogP contribution in [0.1, 0.15) is 11.1 Å². The molecule has 0 heterocycles. The van der Waals surface area contributed by atoms with Crippen LogP contribution in [0, 0.1) is 22.7 Å². The monoisotopic (exact) mass is 354 g/mol. The topological polar surface area (TPSA) is 114 Å². The number of nitrogens with zero attached hydrogens (tertiary/aromatic N) is 3. The molecular formula is C17H14N4O3S. The third-order valence-corrected chi connectivity index (χ3v) is 4.37. The summed E-state index contributed by atoms with van der Waals surface area (Å²) >= 11 is 0. The van der Waals surface area contributed by atoms with Crippen molar-refractivity contribution in [3.05, 3.63) is 59.7 Å². The summed E-state index contributed by atoms with van der Waals surface area (Å²) in [6, 6.07) is 16.1. The third-order valence-electron chi connectivity index (χ3n) is 3.23. The lowest BCUT2D eigenvalue weighted by atomic mass is 10.2. The Hall–Kier alpha value is -3.36. The van der Waals surface area contributed by atoms with E-state index in [2.05, 4.69) is 5.32 Å². The van der Waals surface area contributed by atoms with Crippen LogP contribution in [0.5, 0.6) is 0 Å². The Morgan fingerprint density at radius 1 is 1.08 bits per heavy atom. The first-order valence-corrected chi connectivity index (χ1v) is 8.96. The highest BCUT2D eigenvalue weighted by Crippen LogP contribution is 2.19. The van der Waals surface area contributed by atoms with Gasteiger partial charge in [-0.25, -0.2) is 8.42 Å². The van der Waals surface area contributed by atoms with Gasteiger partial charge in [-0.05, 0) is 36.4 Å². The lowest BCUT2D eigenvalue weighted by molar-refractivity contribution is -0.114. The first kappa shape index (κ1) is 18.0. The smallest absolute Gasteiger partial charge is 0.245 e. The normalized spacial score (nSPS) is 10.4. The molecule has 0 aliphatic carbocycles. The van der Waals surface area contributed by atoms with E-state index in [9.17, 15) is 13.2 Å². The van der Waals surface area contributed by atoms with E-state index in [1.165, 1.54) is 24.3 Å². The summed E-state index contributed by atoms with van der Waals surface area (Å²) in [5, 5.41) is 20.4. The van der Waals surface area contributed by atoms with Gasteiger partial charge in [-0.1, -0.05) is 12.1 Å². The Morgan fingerprint density at radius 2 is 1.68 bits per heavy atom. The van der Waals surface area contributed by atoms with Crippen LogP contribution in [0.3, 0.4) is 0 Å². The molecule has 1 N–H and O–H groups in total. The summed E-state index contributed by atoms with van der Waals surface area (Å²) in [5.41, 5.74) is 1.28. The average Bonchev–Trinajstić information content (AvgIpc) is 2.59. The van der Waals surface area contributed by atoms with Crippen LogP contribution in [0.25, 0.3) is 0 Å². The number of sulfonamides is 1. The first-order chi connectivity index (χ1) is 11.8. The van der Waals surface area contributed by atoms with E-state index in [1.807, 2.05) is 12.1 Å². The van der Waals surface area contributed by atoms with Gasteiger partial charge in [0.1, 0.15) is 6.54 Å². The molecule has 25 heavy (non-hydrogen) atoms. The molecule has 2 rings (SSSR count). The van der Waals surface area contributed by atoms with Crippen LogP contribution >= 0.6 is 0 Å². The quantitative estimate of drug-likeness (QED) is 0.880. The molecular weight excluding hydrogens is 340 g/mol. The summed E-state index contributed by atoms with van der Waals surface area (Å²) in [5.74, 6) is -0.567. The van der Waals surface area contributed by atoms with Crippen LogP contribution in [-0.2, 0) is 14.8 Å². The van der Waals surface area contributed by atoms with Crippen LogP contribution in [0.15, 0.2) is 48.5 Å². The maximum absolute atomic E-state index is 12.2. The first-order valence-electron chi connectivity index (χ1n) is 7.11. The SMILES string of the molecule is CS(=O)(=O)N(CC(=O)Nc1cccc(C#N)c1)c1cccc(C#N)c1. The van der Waals surface area contributed by atoms with Crippen molar-refractivity contribution in [1.29, 1.82) is 10.5 Å². The highest BCUT2D eigenvalue weighted by molar-refractivity contribution is 7.92. The fraction of sp³-hybridized carbons (Fsp3) is 0.118. The number of nitrogens with one attached hydrogen (secondary N) is 1. The average molecular weight is 354 g/mol. The number of benzene rings is 2. The molecule has 0 aliphatic rings. The number of amides is 1. The van der Waals surface area contributed by atoms with E-state index in [4.69, 9.17) is 10.5 Å². The summed E-state index contributed by atoms with van der Waals surface area (Å²) in [6.07, 6.45) is 0.982. The van der Waals surface area contributed by atoms with Crippen molar-refractivity contribution in [3.8, 4) is 12.1 Å². The molecule has 0 saturated heterocycles. The third kappa shape index (κ3) is 4.80. The van der Waals surface area contributed by atoms with Crippen molar-refractivity contribution in [2.24, 2.45) is 0 Å². The predicted octanol–water partition coefficient (Wildman–Crippen LogP) is 1.83. The van der Waals surface area contributed by atoms with Gasteiger partial charge in [0.05, 0.1) is 35.2 Å². The van der Waals surface area contributed by atoms with Gasteiger partial charge in [0.15, 0.2) is 0 Å². The second kappa shape index (κ2) is 7.47. The molecule has 2 aromatic carbocycles. The number of hydrogen-bond donors (Lipinski definition) is 1. The van der Waals surface area contributed by atoms with Crippen molar-refractivity contribution in [1.82, 2.24) is 0 Å². The van der Waals surface area contributed by atoms with E-state index in [0.29, 0.717) is 11.3 Å². The van der Waals surface area contributed by atoms with Gasteiger partial charge in [0.25, 0.3) is 0 Å². The Balaban J connectivity index is 2.24. The van der Waals surface area contributed by atoms with E-state index in [1.54, 1.807) is 24.3 Å². The molecule has 0 aliphatic heterocycles. The van der Waals surface area contributed by atoms with Crippen LogP contribution < -0.4 is 9.62 Å². The van der Waals surface area contributed by atoms with Gasteiger partial charge >= 0.3 is 0 Å². The van der Waals surface area contributed by atoms with Gasteiger partial charge in [0, 0.05) is 5.69 Å². The number of rotatable bonds is 5. The molecule has 0 saturated carbocycles. The molecule has 0 spiro atoms. The Kier molecular flexibility index (Phi) is 5.38. The highest BCUT2D eigenvalue weighted by atomic mass is 32.2. The lowest BCUT2D eigenvalue weighted by Gasteiger charge is -2.22. The van der Waals surface area contributed by atoms with Gasteiger partial charge in [-0.2, -0.15) is 10.5 Å².